The van der Waals surface area contributed by atoms with Gasteiger partial charge < -0.3 is 4.90 Å². The minimum Gasteiger partial charge on any atom is -0.341 e. The summed E-state index contributed by atoms with van der Waals surface area (Å²) in [5, 5.41) is 0.493. The number of aromatic nitrogens is 2. The third-order valence-corrected chi connectivity index (χ3v) is 2.99. The Morgan fingerprint density at radius 1 is 1.12 bits per heavy atom. The van der Waals surface area contributed by atoms with E-state index in [0.29, 0.717) is 5.15 Å². The van der Waals surface area contributed by atoms with Crippen molar-refractivity contribution in [2.24, 2.45) is 0 Å². The lowest BCUT2D eigenvalue weighted by atomic mass is 10.2. The molecule has 88 valence electrons. The first kappa shape index (κ1) is 12.1. The summed E-state index contributed by atoms with van der Waals surface area (Å²) in [6, 6.07) is 8.02. The van der Waals surface area contributed by atoms with Gasteiger partial charge in [-0.2, -0.15) is 0 Å². The molecule has 0 aliphatic rings. The Hall–Kier alpha value is -1.32. The van der Waals surface area contributed by atoms with E-state index in [9.17, 15) is 0 Å². The molecule has 0 saturated carbocycles. The molecule has 0 aliphatic heterocycles. The van der Waals surface area contributed by atoms with Crippen LogP contribution in [-0.4, -0.2) is 17.0 Å². The average molecular weight is 268 g/mol. The second kappa shape index (κ2) is 4.90. The maximum absolute atomic E-state index is 6.05. The standard InChI is InChI=1S/C12H11Cl2N3/c1-8-5-3-4-6-9(8)17(2)10-7-15-12(14)16-11(10)13/h3-7H,1-2H3. The molecule has 0 amide bonds. The molecule has 2 rings (SSSR count). The lowest BCUT2D eigenvalue weighted by Crippen LogP contribution is -2.12. The van der Waals surface area contributed by atoms with E-state index in [2.05, 4.69) is 9.97 Å². The fourth-order valence-electron chi connectivity index (χ4n) is 1.63. The van der Waals surface area contributed by atoms with Crippen molar-refractivity contribution >= 4 is 34.6 Å². The van der Waals surface area contributed by atoms with Crippen LogP contribution >= 0.6 is 23.2 Å². The van der Waals surface area contributed by atoms with Gasteiger partial charge in [0, 0.05) is 12.7 Å². The Morgan fingerprint density at radius 2 is 1.82 bits per heavy atom. The van der Waals surface area contributed by atoms with Crippen LogP contribution in [0.3, 0.4) is 0 Å². The van der Waals surface area contributed by atoms with Gasteiger partial charge in [-0.15, -0.1) is 0 Å². The van der Waals surface area contributed by atoms with Crippen molar-refractivity contribution in [3.63, 3.8) is 0 Å². The monoisotopic (exact) mass is 267 g/mol. The summed E-state index contributed by atoms with van der Waals surface area (Å²) in [5.41, 5.74) is 2.94. The summed E-state index contributed by atoms with van der Waals surface area (Å²) in [6.07, 6.45) is 1.62. The van der Waals surface area contributed by atoms with E-state index in [4.69, 9.17) is 23.2 Å². The maximum Gasteiger partial charge on any atom is 0.223 e. The molecular formula is C12H11Cl2N3. The fraction of sp³-hybridized carbons (Fsp3) is 0.167. The second-order valence-corrected chi connectivity index (χ2v) is 4.36. The van der Waals surface area contributed by atoms with Crippen molar-refractivity contribution < 1.29 is 0 Å². The average Bonchev–Trinajstić information content (AvgIpc) is 2.29. The summed E-state index contributed by atoms with van der Waals surface area (Å²) >= 11 is 11.7. The van der Waals surface area contributed by atoms with Gasteiger partial charge in [-0.05, 0) is 30.2 Å². The van der Waals surface area contributed by atoms with Crippen molar-refractivity contribution in [1.29, 1.82) is 0 Å². The predicted molar refractivity (Wildman–Crippen MR) is 71.3 cm³/mol. The Bertz CT molecular complexity index is 543. The molecule has 0 atom stereocenters. The van der Waals surface area contributed by atoms with Crippen molar-refractivity contribution in [2.75, 3.05) is 11.9 Å². The molecule has 0 fully saturated rings. The number of benzene rings is 1. The van der Waals surface area contributed by atoms with Crippen LogP contribution in [0.5, 0.6) is 0 Å². The van der Waals surface area contributed by atoms with Gasteiger partial charge in [0.15, 0.2) is 5.15 Å². The summed E-state index contributed by atoms with van der Waals surface area (Å²) in [7, 11) is 1.92. The zero-order chi connectivity index (χ0) is 12.4. The number of nitrogens with zero attached hydrogens (tertiary/aromatic N) is 3. The largest absolute Gasteiger partial charge is 0.341 e. The quantitative estimate of drug-likeness (QED) is 0.611. The first-order valence-corrected chi connectivity index (χ1v) is 5.82. The van der Waals surface area contributed by atoms with Crippen LogP contribution in [0.25, 0.3) is 0 Å². The topological polar surface area (TPSA) is 29.0 Å². The number of para-hydroxylation sites is 1. The van der Waals surface area contributed by atoms with Crippen LogP contribution in [0.15, 0.2) is 30.5 Å². The zero-order valence-corrected chi connectivity index (χ0v) is 11.0. The van der Waals surface area contributed by atoms with Crippen LogP contribution in [0.1, 0.15) is 5.56 Å². The SMILES string of the molecule is Cc1ccccc1N(C)c1cnc(Cl)nc1Cl. The van der Waals surface area contributed by atoms with Crippen LogP contribution in [0.2, 0.25) is 10.4 Å². The lowest BCUT2D eigenvalue weighted by Gasteiger charge is -2.21. The normalized spacial score (nSPS) is 10.4. The molecule has 2 aromatic rings. The maximum atomic E-state index is 6.05. The van der Waals surface area contributed by atoms with E-state index in [1.54, 1.807) is 6.20 Å². The molecule has 17 heavy (non-hydrogen) atoms. The summed E-state index contributed by atoms with van der Waals surface area (Å²) < 4.78 is 0. The minimum absolute atomic E-state index is 0.150. The highest BCUT2D eigenvalue weighted by molar-refractivity contribution is 6.33. The Balaban J connectivity index is 2.44. The molecule has 0 N–H and O–H groups in total. The molecular weight excluding hydrogens is 257 g/mol. The highest BCUT2D eigenvalue weighted by Crippen LogP contribution is 2.30. The van der Waals surface area contributed by atoms with E-state index in [0.717, 1.165) is 16.9 Å². The molecule has 1 aromatic carbocycles. The van der Waals surface area contributed by atoms with Gasteiger partial charge in [-0.3, -0.25) is 0 Å². The number of anilines is 2. The van der Waals surface area contributed by atoms with E-state index < -0.39 is 0 Å². The minimum atomic E-state index is 0.150. The number of hydrogen-bond acceptors (Lipinski definition) is 3. The molecule has 0 bridgehead atoms. The third kappa shape index (κ3) is 2.51. The van der Waals surface area contributed by atoms with Gasteiger partial charge in [0.05, 0.1) is 11.9 Å². The highest BCUT2D eigenvalue weighted by Gasteiger charge is 2.11. The molecule has 1 aromatic heterocycles. The Labute approximate surface area is 110 Å². The van der Waals surface area contributed by atoms with Crippen molar-refractivity contribution in [3.8, 4) is 0 Å². The first-order chi connectivity index (χ1) is 8.09. The molecule has 0 aliphatic carbocycles. The van der Waals surface area contributed by atoms with Crippen LogP contribution in [0.4, 0.5) is 11.4 Å². The molecule has 3 nitrogen and oxygen atoms in total. The molecule has 5 heteroatoms. The number of aryl methyl sites for hydroxylation is 1. The van der Waals surface area contributed by atoms with E-state index in [1.165, 1.54) is 0 Å². The van der Waals surface area contributed by atoms with Gasteiger partial charge >= 0.3 is 0 Å². The molecule has 0 spiro atoms. The molecule has 0 radical (unpaired) electrons. The Morgan fingerprint density at radius 3 is 2.47 bits per heavy atom. The van der Waals surface area contributed by atoms with Gasteiger partial charge in [0.25, 0.3) is 0 Å². The smallest absolute Gasteiger partial charge is 0.223 e. The van der Waals surface area contributed by atoms with Crippen LogP contribution < -0.4 is 4.90 Å². The molecule has 0 saturated heterocycles. The first-order valence-electron chi connectivity index (χ1n) is 5.07. The molecule has 1 heterocycles. The van der Waals surface area contributed by atoms with E-state index in [1.807, 2.05) is 43.1 Å². The van der Waals surface area contributed by atoms with Gasteiger partial charge in [-0.25, -0.2) is 9.97 Å². The van der Waals surface area contributed by atoms with Crippen molar-refractivity contribution in [1.82, 2.24) is 9.97 Å². The summed E-state index contributed by atoms with van der Waals surface area (Å²) in [6.45, 7) is 2.04. The number of halogens is 2. The highest BCUT2D eigenvalue weighted by atomic mass is 35.5. The van der Waals surface area contributed by atoms with Crippen molar-refractivity contribution in [3.05, 3.63) is 46.5 Å². The zero-order valence-electron chi connectivity index (χ0n) is 9.48. The van der Waals surface area contributed by atoms with E-state index in [-0.39, 0.29) is 5.28 Å². The third-order valence-electron chi connectivity index (χ3n) is 2.53. The Kier molecular flexibility index (Phi) is 3.50. The number of hydrogen-bond donors (Lipinski definition) is 0. The van der Waals surface area contributed by atoms with Gasteiger partial charge in [0.1, 0.15) is 0 Å². The predicted octanol–water partition coefficient (Wildman–Crippen LogP) is 3.86. The van der Waals surface area contributed by atoms with Crippen molar-refractivity contribution in [2.45, 2.75) is 6.92 Å². The van der Waals surface area contributed by atoms with E-state index >= 15 is 0 Å². The van der Waals surface area contributed by atoms with Gasteiger partial charge in [0.2, 0.25) is 5.28 Å². The number of rotatable bonds is 2. The van der Waals surface area contributed by atoms with Crippen LogP contribution in [0, 0.1) is 6.92 Å². The summed E-state index contributed by atoms with van der Waals surface area (Å²) in [5.74, 6) is 0. The fourth-order valence-corrected chi connectivity index (χ4v) is 2.06. The molecule has 0 unspecified atom stereocenters. The van der Waals surface area contributed by atoms with Gasteiger partial charge in [-0.1, -0.05) is 29.8 Å². The van der Waals surface area contributed by atoms with Crippen LogP contribution in [-0.2, 0) is 0 Å². The summed E-state index contributed by atoms with van der Waals surface area (Å²) in [4.78, 5) is 9.81. The second-order valence-electron chi connectivity index (χ2n) is 3.66. The lowest BCUT2D eigenvalue weighted by molar-refractivity contribution is 1.10.